The molecule has 0 saturated carbocycles. The van der Waals surface area contributed by atoms with E-state index in [1.807, 2.05) is 44.3 Å². The first-order valence-electron chi connectivity index (χ1n) is 7.04. The molecule has 0 saturated heterocycles. The maximum atomic E-state index is 5.87. The maximum Gasteiger partial charge on any atom is 0.124 e. The number of hydrogen-bond acceptors (Lipinski definition) is 3. The number of para-hydroxylation sites is 1. The van der Waals surface area contributed by atoms with Crippen molar-refractivity contribution in [2.45, 2.75) is 39.5 Å². The van der Waals surface area contributed by atoms with E-state index in [4.69, 9.17) is 4.74 Å². The summed E-state index contributed by atoms with van der Waals surface area (Å²) in [5.74, 6) is 0.952. The van der Waals surface area contributed by atoms with Crippen LogP contribution < -0.4 is 10.1 Å². The van der Waals surface area contributed by atoms with Gasteiger partial charge in [0.05, 0.1) is 6.10 Å². The summed E-state index contributed by atoms with van der Waals surface area (Å²) in [5.41, 5.74) is 2.37. The molecule has 0 aliphatic carbocycles. The first kappa shape index (κ1) is 14.5. The molecule has 3 nitrogen and oxygen atoms in total. The van der Waals surface area contributed by atoms with Gasteiger partial charge in [-0.1, -0.05) is 24.3 Å². The molecule has 0 bridgehead atoms. The Morgan fingerprint density at radius 1 is 1.10 bits per heavy atom. The number of aromatic nitrogens is 1. The van der Waals surface area contributed by atoms with Crippen LogP contribution in [0.5, 0.6) is 5.75 Å². The van der Waals surface area contributed by atoms with Crippen LogP contribution in [-0.2, 0) is 6.54 Å². The summed E-state index contributed by atoms with van der Waals surface area (Å²) in [6.07, 6.45) is 3.86. The van der Waals surface area contributed by atoms with Gasteiger partial charge in [0.15, 0.2) is 0 Å². The summed E-state index contributed by atoms with van der Waals surface area (Å²) < 4.78 is 5.87. The summed E-state index contributed by atoms with van der Waals surface area (Å²) in [6, 6.07) is 12.4. The van der Waals surface area contributed by atoms with Gasteiger partial charge >= 0.3 is 0 Å². The van der Waals surface area contributed by atoms with Crippen molar-refractivity contribution in [3.63, 3.8) is 0 Å². The van der Waals surface area contributed by atoms with Gasteiger partial charge in [-0.25, -0.2) is 0 Å². The molecule has 1 aromatic heterocycles. The van der Waals surface area contributed by atoms with E-state index in [0.717, 1.165) is 12.3 Å². The minimum atomic E-state index is 0.182. The van der Waals surface area contributed by atoms with Crippen LogP contribution in [-0.4, -0.2) is 11.1 Å². The van der Waals surface area contributed by atoms with Crippen molar-refractivity contribution in [2.24, 2.45) is 0 Å². The zero-order valence-corrected chi connectivity index (χ0v) is 12.3. The summed E-state index contributed by atoms with van der Waals surface area (Å²) in [4.78, 5) is 4.13. The lowest BCUT2D eigenvalue weighted by Gasteiger charge is -2.19. The van der Waals surface area contributed by atoms with Crippen LogP contribution in [0.25, 0.3) is 0 Å². The molecule has 1 aromatic carbocycles. The molecule has 2 aromatic rings. The van der Waals surface area contributed by atoms with Gasteiger partial charge in [-0.15, -0.1) is 0 Å². The third-order valence-electron chi connectivity index (χ3n) is 3.08. The molecular weight excluding hydrogens is 248 g/mol. The lowest BCUT2D eigenvalue weighted by atomic mass is 10.1. The topological polar surface area (TPSA) is 34.1 Å². The van der Waals surface area contributed by atoms with Crippen LogP contribution in [0, 0.1) is 0 Å². The maximum absolute atomic E-state index is 5.87. The van der Waals surface area contributed by atoms with Crippen molar-refractivity contribution in [1.82, 2.24) is 10.3 Å². The van der Waals surface area contributed by atoms with E-state index in [9.17, 15) is 0 Å². The number of ether oxygens (including phenoxy) is 1. The predicted octanol–water partition coefficient (Wildman–Crippen LogP) is 3.72. The minimum absolute atomic E-state index is 0.182. The number of benzene rings is 1. The van der Waals surface area contributed by atoms with Crippen molar-refractivity contribution >= 4 is 0 Å². The molecule has 1 unspecified atom stereocenters. The molecule has 1 atom stereocenters. The average Bonchev–Trinajstić information content (AvgIpc) is 2.46. The Hall–Kier alpha value is -1.87. The Morgan fingerprint density at radius 3 is 2.60 bits per heavy atom. The van der Waals surface area contributed by atoms with Gasteiger partial charge in [-0.05, 0) is 38.5 Å². The smallest absolute Gasteiger partial charge is 0.124 e. The van der Waals surface area contributed by atoms with Gasteiger partial charge in [0.25, 0.3) is 0 Å². The number of nitrogens with one attached hydrogen (secondary N) is 1. The van der Waals surface area contributed by atoms with Crippen molar-refractivity contribution in [2.75, 3.05) is 0 Å². The van der Waals surface area contributed by atoms with Gasteiger partial charge in [0.2, 0.25) is 0 Å². The summed E-state index contributed by atoms with van der Waals surface area (Å²) >= 11 is 0. The minimum Gasteiger partial charge on any atom is -0.491 e. The van der Waals surface area contributed by atoms with E-state index < -0.39 is 0 Å². The Morgan fingerprint density at radius 2 is 1.90 bits per heavy atom. The molecule has 1 heterocycles. The highest BCUT2D eigenvalue weighted by molar-refractivity contribution is 5.35. The van der Waals surface area contributed by atoms with Crippen LogP contribution in [0.1, 0.15) is 37.9 Å². The van der Waals surface area contributed by atoms with Crippen LogP contribution in [0.3, 0.4) is 0 Å². The number of hydrogen-bond donors (Lipinski definition) is 1. The number of nitrogens with zero attached hydrogens (tertiary/aromatic N) is 1. The molecule has 0 aliphatic heterocycles. The molecule has 20 heavy (non-hydrogen) atoms. The fourth-order valence-corrected chi connectivity index (χ4v) is 2.08. The van der Waals surface area contributed by atoms with E-state index in [0.29, 0.717) is 0 Å². The Balaban J connectivity index is 2.03. The molecule has 0 aliphatic rings. The second-order valence-corrected chi connectivity index (χ2v) is 5.17. The fraction of sp³-hybridized carbons (Fsp3) is 0.353. The van der Waals surface area contributed by atoms with Crippen molar-refractivity contribution in [3.05, 3.63) is 59.9 Å². The first-order valence-corrected chi connectivity index (χ1v) is 7.04. The van der Waals surface area contributed by atoms with E-state index in [1.165, 1.54) is 11.1 Å². The highest BCUT2D eigenvalue weighted by Crippen LogP contribution is 2.25. The quantitative estimate of drug-likeness (QED) is 0.868. The monoisotopic (exact) mass is 270 g/mol. The number of rotatable bonds is 6. The van der Waals surface area contributed by atoms with E-state index in [1.54, 1.807) is 6.20 Å². The van der Waals surface area contributed by atoms with Crippen LogP contribution >= 0.6 is 0 Å². The molecule has 0 amide bonds. The van der Waals surface area contributed by atoms with Crippen LogP contribution in [0.2, 0.25) is 0 Å². The van der Waals surface area contributed by atoms with Gasteiger partial charge in [0.1, 0.15) is 5.75 Å². The second-order valence-electron chi connectivity index (χ2n) is 5.17. The molecule has 0 radical (unpaired) electrons. The lowest BCUT2D eigenvalue weighted by Crippen LogP contribution is -2.19. The normalized spacial score (nSPS) is 12.4. The molecular formula is C17H22N2O. The zero-order chi connectivity index (χ0) is 14.4. The lowest BCUT2D eigenvalue weighted by molar-refractivity contribution is 0.238. The van der Waals surface area contributed by atoms with Gasteiger partial charge in [-0.2, -0.15) is 0 Å². The van der Waals surface area contributed by atoms with Crippen LogP contribution in [0.4, 0.5) is 0 Å². The van der Waals surface area contributed by atoms with Crippen molar-refractivity contribution < 1.29 is 4.74 Å². The predicted molar refractivity (Wildman–Crippen MR) is 81.7 cm³/mol. The van der Waals surface area contributed by atoms with Gasteiger partial charge in [-0.3, -0.25) is 4.98 Å². The second kappa shape index (κ2) is 7.06. The zero-order valence-electron chi connectivity index (χ0n) is 12.3. The Kier molecular flexibility index (Phi) is 5.13. The summed E-state index contributed by atoms with van der Waals surface area (Å²) in [7, 11) is 0. The molecule has 0 fully saturated rings. The average molecular weight is 270 g/mol. The molecule has 3 heteroatoms. The standard InChI is InChI=1S/C17H22N2O/c1-13(2)20-17-9-5-4-8-16(17)14(3)19-12-15-7-6-10-18-11-15/h4-11,13-14,19H,12H2,1-3H3. The van der Waals surface area contributed by atoms with E-state index >= 15 is 0 Å². The Bertz CT molecular complexity index is 526. The molecule has 0 spiro atoms. The highest BCUT2D eigenvalue weighted by Gasteiger charge is 2.11. The van der Waals surface area contributed by atoms with Crippen LogP contribution in [0.15, 0.2) is 48.8 Å². The Labute approximate surface area is 121 Å². The van der Waals surface area contributed by atoms with E-state index in [2.05, 4.69) is 29.4 Å². The van der Waals surface area contributed by atoms with E-state index in [-0.39, 0.29) is 12.1 Å². The molecule has 1 N–H and O–H groups in total. The molecule has 106 valence electrons. The SMILES string of the molecule is CC(C)Oc1ccccc1C(C)NCc1cccnc1. The first-order chi connectivity index (χ1) is 9.66. The molecule has 2 rings (SSSR count). The summed E-state index contributed by atoms with van der Waals surface area (Å²) in [6.45, 7) is 7.04. The largest absolute Gasteiger partial charge is 0.491 e. The van der Waals surface area contributed by atoms with Gasteiger partial charge < -0.3 is 10.1 Å². The highest BCUT2D eigenvalue weighted by atomic mass is 16.5. The summed E-state index contributed by atoms with van der Waals surface area (Å²) in [5, 5.41) is 3.51. The third-order valence-corrected chi connectivity index (χ3v) is 3.08. The van der Waals surface area contributed by atoms with Crippen molar-refractivity contribution in [1.29, 1.82) is 0 Å². The third kappa shape index (κ3) is 4.07. The number of pyridine rings is 1. The fourth-order valence-electron chi connectivity index (χ4n) is 2.08. The van der Waals surface area contributed by atoms with Gasteiger partial charge in [0, 0.05) is 30.5 Å². The van der Waals surface area contributed by atoms with Crippen molar-refractivity contribution in [3.8, 4) is 5.75 Å².